The first kappa shape index (κ1) is 15.5. The van der Waals surface area contributed by atoms with Gasteiger partial charge in [0, 0.05) is 5.56 Å². The van der Waals surface area contributed by atoms with Crippen molar-refractivity contribution in [3.63, 3.8) is 0 Å². The minimum atomic E-state index is -0.348. The van der Waals surface area contributed by atoms with E-state index in [2.05, 4.69) is 18.9 Å². The van der Waals surface area contributed by atoms with E-state index in [0.717, 1.165) is 16.9 Å². The molecule has 3 aromatic rings. The van der Waals surface area contributed by atoms with E-state index in [-0.39, 0.29) is 11.9 Å². The molecule has 0 aliphatic rings. The smallest absolute Gasteiger partial charge is 0.355 e. The van der Waals surface area contributed by atoms with Crippen LogP contribution in [0.5, 0.6) is 5.88 Å². The van der Waals surface area contributed by atoms with Gasteiger partial charge in [-0.2, -0.15) is 5.10 Å². The number of rotatable bonds is 4. The van der Waals surface area contributed by atoms with E-state index >= 15 is 0 Å². The van der Waals surface area contributed by atoms with Crippen molar-refractivity contribution in [2.24, 2.45) is 0 Å². The van der Waals surface area contributed by atoms with Gasteiger partial charge in [0.1, 0.15) is 4.88 Å². The van der Waals surface area contributed by atoms with Crippen molar-refractivity contribution >= 4 is 17.3 Å². The number of carbonyl (C=O) groups is 1. The fourth-order valence-corrected chi connectivity index (χ4v) is 3.16. The molecule has 1 aromatic carbocycles. The third kappa shape index (κ3) is 3.05. The van der Waals surface area contributed by atoms with Crippen LogP contribution in [-0.4, -0.2) is 15.7 Å². The number of aromatic nitrogens is 2. The van der Waals surface area contributed by atoms with Crippen molar-refractivity contribution < 1.29 is 9.53 Å². The van der Waals surface area contributed by atoms with Crippen LogP contribution in [0.1, 0.15) is 40.7 Å². The van der Waals surface area contributed by atoms with Gasteiger partial charge in [-0.15, -0.1) is 11.3 Å². The monoisotopic (exact) mass is 326 g/mol. The van der Waals surface area contributed by atoms with Crippen LogP contribution in [0.3, 0.4) is 0 Å². The van der Waals surface area contributed by atoms with Gasteiger partial charge in [0.25, 0.3) is 0 Å². The van der Waals surface area contributed by atoms with E-state index in [1.54, 1.807) is 10.7 Å². The zero-order valence-electron chi connectivity index (χ0n) is 13.3. The molecule has 0 bridgehead atoms. The Bertz CT molecular complexity index is 805. The molecular formula is C18H18N2O2S. The first-order chi connectivity index (χ1) is 11.1. The van der Waals surface area contributed by atoms with Gasteiger partial charge in [-0.1, -0.05) is 38.1 Å². The van der Waals surface area contributed by atoms with Crippen LogP contribution in [0, 0.1) is 6.92 Å². The Balaban J connectivity index is 2.07. The summed E-state index contributed by atoms with van der Waals surface area (Å²) in [6, 6.07) is 13.3. The second-order valence-electron chi connectivity index (χ2n) is 5.57. The molecule has 3 rings (SSSR count). The average Bonchev–Trinajstić information content (AvgIpc) is 3.16. The number of esters is 1. The van der Waals surface area contributed by atoms with Gasteiger partial charge in [0.05, 0.1) is 11.4 Å². The highest BCUT2D eigenvalue weighted by Crippen LogP contribution is 2.32. The van der Waals surface area contributed by atoms with E-state index in [1.165, 1.54) is 11.3 Å². The minimum Gasteiger partial charge on any atom is -0.403 e. The fraction of sp³-hybridized carbons (Fsp3) is 0.222. The highest BCUT2D eigenvalue weighted by molar-refractivity contribution is 7.12. The van der Waals surface area contributed by atoms with Crippen LogP contribution in [0.4, 0.5) is 0 Å². The number of hydrogen-bond donors (Lipinski definition) is 0. The Hall–Kier alpha value is -2.40. The molecule has 0 fully saturated rings. The van der Waals surface area contributed by atoms with E-state index in [1.807, 2.05) is 48.7 Å². The largest absolute Gasteiger partial charge is 0.403 e. The Morgan fingerprint density at radius 2 is 1.91 bits per heavy atom. The average molecular weight is 326 g/mol. The molecule has 118 valence electrons. The predicted molar refractivity (Wildman–Crippen MR) is 91.7 cm³/mol. The van der Waals surface area contributed by atoms with Crippen molar-refractivity contribution in [1.82, 2.24) is 9.78 Å². The second kappa shape index (κ2) is 6.38. The van der Waals surface area contributed by atoms with Gasteiger partial charge >= 0.3 is 5.97 Å². The third-order valence-corrected chi connectivity index (χ3v) is 4.40. The van der Waals surface area contributed by atoms with Crippen molar-refractivity contribution in [1.29, 1.82) is 0 Å². The molecule has 0 N–H and O–H groups in total. The topological polar surface area (TPSA) is 44.1 Å². The number of para-hydroxylation sites is 1. The number of aryl methyl sites for hydroxylation is 1. The quantitative estimate of drug-likeness (QED) is 0.659. The van der Waals surface area contributed by atoms with Gasteiger partial charge in [-0.3, -0.25) is 0 Å². The van der Waals surface area contributed by atoms with Gasteiger partial charge in [0.2, 0.25) is 5.88 Å². The lowest BCUT2D eigenvalue weighted by Gasteiger charge is -2.11. The van der Waals surface area contributed by atoms with Crippen molar-refractivity contribution in [2.75, 3.05) is 0 Å². The summed E-state index contributed by atoms with van der Waals surface area (Å²) in [5.41, 5.74) is 2.70. The van der Waals surface area contributed by atoms with Crippen LogP contribution in [-0.2, 0) is 0 Å². The SMILES string of the molecule is Cc1nn(-c2ccccc2)c(OC(=O)c2cccs2)c1C(C)C. The van der Waals surface area contributed by atoms with Crippen molar-refractivity contribution in [3.8, 4) is 11.6 Å². The number of thiophene rings is 1. The van der Waals surface area contributed by atoms with Crippen LogP contribution < -0.4 is 4.74 Å². The fourth-order valence-electron chi connectivity index (χ4n) is 2.56. The second-order valence-corrected chi connectivity index (χ2v) is 6.52. The Labute approximate surface area is 139 Å². The third-order valence-electron chi connectivity index (χ3n) is 3.55. The van der Waals surface area contributed by atoms with Gasteiger partial charge in [0.15, 0.2) is 0 Å². The van der Waals surface area contributed by atoms with E-state index in [0.29, 0.717) is 10.8 Å². The molecule has 2 heterocycles. The molecule has 23 heavy (non-hydrogen) atoms. The Morgan fingerprint density at radius 3 is 2.52 bits per heavy atom. The van der Waals surface area contributed by atoms with Crippen LogP contribution in [0.15, 0.2) is 47.8 Å². The molecule has 0 aliphatic carbocycles. The van der Waals surface area contributed by atoms with E-state index in [4.69, 9.17) is 4.74 Å². The highest BCUT2D eigenvalue weighted by Gasteiger charge is 2.23. The summed E-state index contributed by atoms with van der Waals surface area (Å²) in [4.78, 5) is 13.0. The molecule has 0 saturated carbocycles. The first-order valence-corrected chi connectivity index (χ1v) is 8.36. The Morgan fingerprint density at radius 1 is 1.17 bits per heavy atom. The molecular weight excluding hydrogens is 308 g/mol. The van der Waals surface area contributed by atoms with Crippen LogP contribution >= 0.6 is 11.3 Å². The highest BCUT2D eigenvalue weighted by atomic mass is 32.1. The molecule has 5 heteroatoms. The predicted octanol–water partition coefficient (Wildman–Crippen LogP) is 4.58. The molecule has 0 saturated heterocycles. The Kier molecular flexibility index (Phi) is 4.30. The summed E-state index contributed by atoms with van der Waals surface area (Å²) < 4.78 is 7.43. The minimum absolute atomic E-state index is 0.207. The summed E-state index contributed by atoms with van der Waals surface area (Å²) in [6.07, 6.45) is 0. The lowest BCUT2D eigenvalue weighted by Crippen LogP contribution is -2.12. The summed E-state index contributed by atoms with van der Waals surface area (Å²) in [7, 11) is 0. The van der Waals surface area contributed by atoms with E-state index < -0.39 is 0 Å². The summed E-state index contributed by atoms with van der Waals surface area (Å²) in [5, 5.41) is 6.44. The number of nitrogens with zero attached hydrogens (tertiary/aromatic N) is 2. The molecule has 0 unspecified atom stereocenters. The standard InChI is InChI=1S/C18H18N2O2S/c1-12(2)16-13(3)19-20(14-8-5-4-6-9-14)17(16)22-18(21)15-10-7-11-23-15/h4-12H,1-3H3. The number of hydrogen-bond acceptors (Lipinski definition) is 4. The van der Waals surface area contributed by atoms with Crippen molar-refractivity contribution in [3.05, 3.63) is 64.0 Å². The first-order valence-electron chi connectivity index (χ1n) is 7.48. The van der Waals surface area contributed by atoms with Gasteiger partial charge < -0.3 is 4.74 Å². The number of ether oxygens (including phenoxy) is 1. The van der Waals surface area contributed by atoms with Gasteiger partial charge in [-0.05, 0) is 36.4 Å². The van der Waals surface area contributed by atoms with Gasteiger partial charge in [-0.25, -0.2) is 9.48 Å². The zero-order valence-corrected chi connectivity index (χ0v) is 14.1. The maximum atomic E-state index is 12.4. The molecule has 4 nitrogen and oxygen atoms in total. The molecule has 0 amide bonds. The van der Waals surface area contributed by atoms with Crippen LogP contribution in [0.2, 0.25) is 0 Å². The molecule has 0 spiro atoms. The number of carbonyl (C=O) groups excluding carboxylic acids is 1. The molecule has 0 atom stereocenters. The lowest BCUT2D eigenvalue weighted by atomic mass is 10.0. The summed E-state index contributed by atoms with van der Waals surface area (Å²) >= 11 is 1.37. The maximum absolute atomic E-state index is 12.4. The molecule has 0 radical (unpaired) electrons. The lowest BCUT2D eigenvalue weighted by molar-refractivity contribution is 0.0726. The molecule has 0 aliphatic heterocycles. The number of benzene rings is 1. The van der Waals surface area contributed by atoms with Crippen molar-refractivity contribution in [2.45, 2.75) is 26.7 Å². The maximum Gasteiger partial charge on any atom is 0.355 e. The molecule has 2 aromatic heterocycles. The summed E-state index contributed by atoms with van der Waals surface area (Å²) in [6.45, 7) is 6.08. The zero-order chi connectivity index (χ0) is 16.4. The summed E-state index contributed by atoms with van der Waals surface area (Å²) in [5.74, 6) is 0.361. The van der Waals surface area contributed by atoms with E-state index in [9.17, 15) is 4.79 Å². The normalized spacial score (nSPS) is 11.0. The van der Waals surface area contributed by atoms with Crippen LogP contribution in [0.25, 0.3) is 5.69 Å².